The van der Waals surface area contributed by atoms with Gasteiger partial charge in [-0.25, -0.2) is 9.97 Å². The number of H-pyrrole nitrogens is 1. The fourth-order valence-electron chi connectivity index (χ4n) is 2.17. The van der Waals surface area contributed by atoms with Crippen LogP contribution in [0.15, 0.2) is 48.5 Å². The van der Waals surface area contributed by atoms with Gasteiger partial charge in [-0.2, -0.15) is 5.10 Å². The number of carbonyl (C=O) groups excluding carboxylic acids is 1. The average Bonchev–Trinajstić information content (AvgIpc) is 2.99. The highest BCUT2D eigenvalue weighted by Crippen LogP contribution is 2.19. The van der Waals surface area contributed by atoms with Crippen LogP contribution in [0.3, 0.4) is 0 Å². The lowest BCUT2D eigenvalue weighted by Crippen LogP contribution is -2.30. The Hall–Kier alpha value is -2.73. The molecular weight excluding hydrogens is 314 g/mol. The third kappa shape index (κ3) is 3.54. The molecule has 7 heteroatoms. The summed E-state index contributed by atoms with van der Waals surface area (Å²) in [5.74, 6) is 0.823. The minimum absolute atomic E-state index is 0.241. The van der Waals surface area contributed by atoms with Crippen molar-refractivity contribution in [2.24, 2.45) is 0 Å². The van der Waals surface area contributed by atoms with Crippen LogP contribution in [-0.4, -0.2) is 26.1 Å². The molecule has 2 heterocycles. The first-order valence-electron chi connectivity index (χ1n) is 7.01. The number of amides is 1. The molecule has 3 rings (SSSR count). The Morgan fingerprint density at radius 1 is 1.13 bits per heavy atom. The molecular formula is C16H14ClN5O. The highest BCUT2D eigenvalue weighted by atomic mass is 35.5. The molecule has 116 valence electrons. The number of benzene rings is 1. The number of hydrogen-bond acceptors (Lipinski definition) is 4. The summed E-state index contributed by atoms with van der Waals surface area (Å²) in [6.45, 7) is 1.80. The van der Waals surface area contributed by atoms with Gasteiger partial charge in [0.15, 0.2) is 5.82 Å². The van der Waals surface area contributed by atoms with Crippen molar-refractivity contribution in [1.82, 2.24) is 25.5 Å². The Morgan fingerprint density at radius 3 is 2.57 bits per heavy atom. The van der Waals surface area contributed by atoms with Crippen LogP contribution in [0.5, 0.6) is 0 Å². The average molecular weight is 328 g/mol. The third-order valence-electron chi connectivity index (χ3n) is 3.23. The lowest BCUT2D eigenvalue weighted by atomic mass is 10.1. The lowest BCUT2D eigenvalue weighted by Gasteiger charge is -2.16. The van der Waals surface area contributed by atoms with Crippen molar-refractivity contribution in [1.29, 1.82) is 0 Å². The van der Waals surface area contributed by atoms with E-state index in [9.17, 15) is 4.79 Å². The maximum Gasteiger partial charge on any atom is 0.270 e. The lowest BCUT2D eigenvalue weighted by molar-refractivity contribution is 0.0936. The third-order valence-corrected chi connectivity index (χ3v) is 3.44. The Labute approximate surface area is 137 Å². The van der Waals surface area contributed by atoms with Crippen LogP contribution in [0.25, 0.3) is 0 Å². The van der Waals surface area contributed by atoms with Crippen LogP contribution in [-0.2, 0) is 0 Å². The van der Waals surface area contributed by atoms with E-state index >= 15 is 0 Å². The molecule has 0 aliphatic rings. The maximum atomic E-state index is 12.5. The first-order valence-corrected chi connectivity index (χ1v) is 7.38. The molecule has 0 bridgehead atoms. The second-order valence-electron chi connectivity index (χ2n) is 4.94. The summed E-state index contributed by atoms with van der Waals surface area (Å²) < 4.78 is 0. The van der Waals surface area contributed by atoms with Crippen molar-refractivity contribution in [2.75, 3.05) is 0 Å². The van der Waals surface area contributed by atoms with E-state index in [1.165, 1.54) is 0 Å². The van der Waals surface area contributed by atoms with Gasteiger partial charge in [-0.15, -0.1) is 0 Å². The Morgan fingerprint density at radius 2 is 1.91 bits per heavy atom. The van der Waals surface area contributed by atoms with Gasteiger partial charge in [0.05, 0.1) is 0 Å². The van der Waals surface area contributed by atoms with Gasteiger partial charge in [-0.05, 0) is 24.6 Å². The summed E-state index contributed by atoms with van der Waals surface area (Å²) in [6.07, 6.45) is 0. The first-order chi connectivity index (χ1) is 11.1. The molecule has 3 aromatic rings. The standard InChI is InChI=1S/C16H14ClN5O/c1-10-18-15(22-21-10)14(11-6-3-2-4-7-11)20-16(23)12-8-5-9-13(17)19-12/h2-9,14H,1H3,(H,20,23)(H,18,21,22). The molecule has 1 unspecified atom stereocenters. The molecule has 0 aliphatic heterocycles. The molecule has 0 aliphatic carbocycles. The van der Waals surface area contributed by atoms with Crippen LogP contribution in [0.2, 0.25) is 5.15 Å². The molecule has 1 atom stereocenters. The molecule has 6 nitrogen and oxygen atoms in total. The van der Waals surface area contributed by atoms with E-state index in [2.05, 4.69) is 25.5 Å². The SMILES string of the molecule is Cc1nc(C(NC(=O)c2cccc(Cl)n2)c2ccccc2)n[nH]1. The van der Waals surface area contributed by atoms with E-state index in [4.69, 9.17) is 11.6 Å². The van der Waals surface area contributed by atoms with E-state index in [1.54, 1.807) is 25.1 Å². The number of nitrogens with one attached hydrogen (secondary N) is 2. The van der Waals surface area contributed by atoms with Crippen LogP contribution in [0.1, 0.15) is 33.7 Å². The number of carbonyl (C=O) groups is 1. The smallest absolute Gasteiger partial charge is 0.270 e. The van der Waals surface area contributed by atoms with E-state index in [0.29, 0.717) is 11.6 Å². The van der Waals surface area contributed by atoms with Gasteiger partial charge in [0, 0.05) is 0 Å². The highest BCUT2D eigenvalue weighted by molar-refractivity contribution is 6.29. The molecule has 2 aromatic heterocycles. The second kappa shape index (κ2) is 6.58. The first kappa shape index (κ1) is 15.2. The molecule has 0 radical (unpaired) electrons. The van der Waals surface area contributed by atoms with Gasteiger partial charge in [-0.1, -0.05) is 48.0 Å². The largest absolute Gasteiger partial charge is 0.337 e. The van der Waals surface area contributed by atoms with Crippen molar-refractivity contribution < 1.29 is 4.79 Å². The summed E-state index contributed by atoms with van der Waals surface area (Å²) in [6, 6.07) is 13.9. The van der Waals surface area contributed by atoms with Crippen molar-refractivity contribution >= 4 is 17.5 Å². The fourth-order valence-corrected chi connectivity index (χ4v) is 2.34. The molecule has 0 saturated heterocycles. The molecule has 1 aromatic carbocycles. The van der Waals surface area contributed by atoms with Crippen LogP contribution in [0.4, 0.5) is 0 Å². The number of aromatic nitrogens is 4. The molecule has 0 saturated carbocycles. The Balaban J connectivity index is 1.92. The molecule has 23 heavy (non-hydrogen) atoms. The Kier molecular flexibility index (Phi) is 4.34. The highest BCUT2D eigenvalue weighted by Gasteiger charge is 2.22. The maximum absolute atomic E-state index is 12.5. The molecule has 1 amide bonds. The van der Waals surface area contributed by atoms with E-state index in [-0.39, 0.29) is 16.8 Å². The summed E-state index contributed by atoms with van der Waals surface area (Å²) in [5.41, 5.74) is 1.12. The minimum Gasteiger partial charge on any atom is -0.337 e. The van der Waals surface area contributed by atoms with Gasteiger partial charge in [0.1, 0.15) is 22.7 Å². The molecule has 0 spiro atoms. The van der Waals surface area contributed by atoms with E-state index < -0.39 is 6.04 Å². The number of hydrogen-bond donors (Lipinski definition) is 2. The quantitative estimate of drug-likeness (QED) is 0.722. The van der Waals surface area contributed by atoms with Gasteiger partial charge in [0.2, 0.25) is 0 Å². The summed E-state index contributed by atoms with van der Waals surface area (Å²) in [5, 5.41) is 10.1. The Bertz CT molecular complexity index is 818. The zero-order valence-corrected chi connectivity index (χ0v) is 13.1. The summed E-state index contributed by atoms with van der Waals surface area (Å²) in [7, 11) is 0. The predicted octanol–water partition coefficient (Wildman–Crippen LogP) is 2.68. The zero-order chi connectivity index (χ0) is 16.2. The summed E-state index contributed by atoms with van der Waals surface area (Å²) in [4.78, 5) is 20.8. The number of nitrogens with zero attached hydrogens (tertiary/aromatic N) is 3. The van der Waals surface area contributed by atoms with E-state index in [1.807, 2.05) is 30.3 Å². The predicted molar refractivity (Wildman–Crippen MR) is 86.1 cm³/mol. The van der Waals surface area contributed by atoms with Crippen LogP contribution < -0.4 is 5.32 Å². The number of rotatable bonds is 4. The van der Waals surface area contributed by atoms with Crippen LogP contribution in [0, 0.1) is 6.92 Å². The molecule has 2 N–H and O–H groups in total. The number of aryl methyl sites for hydroxylation is 1. The van der Waals surface area contributed by atoms with Gasteiger partial charge in [-0.3, -0.25) is 9.89 Å². The van der Waals surface area contributed by atoms with Crippen molar-refractivity contribution in [3.63, 3.8) is 0 Å². The van der Waals surface area contributed by atoms with Gasteiger partial charge >= 0.3 is 0 Å². The van der Waals surface area contributed by atoms with Gasteiger partial charge < -0.3 is 5.32 Å². The number of aromatic amines is 1. The van der Waals surface area contributed by atoms with E-state index in [0.717, 1.165) is 5.56 Å². The summed E-state index contributed by atoms with van der Waals surface area (Å²) >= 11 is 5.84. The fraction of sp³-hybridized carbons (Fsp3) is 0.125. The zero-order valence-electron chi connectivity index (χ0n) is 12.3. The van der Waals surface area contributed by atoms with Crippen LogP contribution >= 0.6 is 11.6 Å². The minimum atomic E-state index is -0.477. The number of halogens is 1. The van der Waals surface area contributed by atoms with Crippen molar-refractivity contribution in [3.05, 3.63) is 76.6 Å². The second-order valence-corrected chi connectivity index (χ2v) is 5.33. The van der Waals surface area contributed by atoms with Crippen molar-refractivity contribution in [3.8, 4) is 0 Å². The number of pyridine rings is 1. The molecule has 0 fully saturated rings. The monoisotopic (exact) mass is 327 g/mol. The topological polar surface area (TPSA) is 83.6 Å². The van der Waals surface area contributed by atoms with Gasteiger partial charge in [0.25, 0.3) is 5.91 Å². The normalized spacial score (nSPS) is 11.9. The van der Waals surface area contributed by atoms with Crippen molar-refractivity contribution in [2.45, 2.75) is 13.0 Å².